The molecule has 0 bridgehead atoms. The number of nitrogens with one attached hydrogen (secondary N) is 2. The Kier molecular flexibility index (Phi) is 6.72. The number of hydrogen-bond donors (Lipinski definition) is 2. The van der Waals surface area contributed by atoms with Gasteiger partial charge in [-0.2, -0.15) is 0 Å². The summed E-state index contributed by atoms with van der Waals surface area (Å²) in [4.78, 5) is 24.1. The number of carbonyl (C=O) groups excluding carboxylic acids is 2. The van der Waals surface area contributed by atoms with Crippen LogP contribution in [0.4, 0.5) is 5.69 Å². The molecule has 1 aliphatic rings. The third kappa shape index (κ3) is 5.63. The topological polar surface area (TPSA) is 58.2 Å². The molecule has 1 fully saturated rings. The van der Waals surface area contributed by atoms with Gasteiger partial charge in [0.05, 0.1) is 5.75 Å². The summed E-state index contributed by atoms with van der Waals surface area (Å²) in [6, 6.07) is 17.4. The van der Waals surface area contributed by atoms with Gasteiger partial charge in [-0.25, -0.2) is 0 Å². The zero-order valence-corrected chi connectivity index (χ0v) is 15.6. The summed E-state index contributed by atoms with van der Waals surface area (Å²) in [5, 5.41) is 5.97. The van der Waals surface area contributed by atoms with Crippen LogP contribution in [0.15, 0.2) is 54.6 Å². The van der Waals surface area contributed by atoms with Crippen LogP contribution in [0.5, 0.6) is 0 Å². The zero-order chi connectivity index (χ0) is 18.2. The van der Waals surface area contributed by atoms with Crippen molar-refractivity contribution < 1.29 is 9.59 Å². The van der Waals surface area contributed by atoms with E-state index in [1.807, 2.05) is 54.6 Å². The number of anilines is 1. The largest absolute Gasteiger partial charge is 0.349 e. The van der Waals surface area contributed by atoms with Crippen molar-refractivity contribution >= 4 is 29.3 Å². The minimum atomic E-state index is -0.00578. The Labute approximate surface area is 158 Å². The first-order chi connectivity index (χ1) is 12.7. The summed E-state index contributed by atoms with van der Waals surface area (Å²) in [5.74, 6) is 1.15. The molecule has 0 saturated heterocycles. The molecule has 0 atom stereocenters. The third-order valence-corrected chi connectivity index (χ3v) is 5.47. The molecule has 0 radical (unpaired) electrons. The highest BCUT2D eigenvalue weighted by Gasteiger charge is 2.17. The molecule has 0 heterocycles. The van der Waals surface area contributed by atoms with Gasteiger partial charge < -0.3 is 10.6 Å². The van der Waals surface area contributed by atoms with Gasteiger partial charge in [0, 0.05) is 23.0 Å². The van der Waals surface area contributed by atoms with Crippen LogP contribution in [0.2, 0.25) is 0 Å². The number of thioether (sulfide) groups is 1. The van der Waals surface area contributed by atoms with Crippen LogP contribution < -0.4 is 10.6 Å². The molecule has 2 N–H and O–H groups in total. The van der Waals surface area contributed by atoms with Crippen LogP contribution in [0.3, 0.4) is 0 Å². The van der Waals surface area contributed by atoms with E-state index < -0.39 is 0 Å². The van der Waals surface area contributed by atoms with Crippen LogP contribution in [-0.4, -0.2) is 23.6 Å². The minimum absolute atomic E-state index is 0.00578. The fraction of sp³-hybridized carbons (Fsp3) is 0.333. The van der Waals surface area contributed by atoms with Crippen molar-refractivity contribution in [1.29, 1.82) is 0 Å². The average molecular weight is 369 g/mol. The molecular weight excluding hydrogens is 344 g/mol. The van der Waals surface area contributed by atoms with E-state index in [9.17, 15) is 9.59 Å². The number of para-hydroxylation sites is 1. The summed E-state index contributed by atoms with van der Waals surface area (Å²) >= 11 is 1.56. The first kappa shape index (κ1) is 18.5. The highest BCUT2D eigenvalue weighted by molar-refractivity contribution is 7.99. The molecule has 0 unspecified atom stereocenters. The summed E-state index contributed by atoms with van der Waals surface area (Å²) < 4.78 is 0. The van der Waals surface area contributed by atoms with E-state index in [0.29, 0.717) is 17.4 Å². The molecule has 0 spiro atoms. The van der Waals surface area contributed by atoms with Gasteiger partial charge in [-0.05, 0) is 42.7 Å². The maximum absolute atomic E-state index is 12.2. The number of carbonyl (C=O) groups is 2. The lowest BCUT2D eigenvalue weighted by Crippen LogP contribution is -2.32. The van der Waals surface area contributed by atoms with Crippen LogP contribution in [-0.2, 0) is 10.5 Å². The monoisotopic (exact) mass is 368 g/mol. The fourth-order valence-corrected chi connectivity index (χ4v) is 3.86. The predicted octanol–water partition coefficient (Wildman–Crippen LogP) is 4.23. The smallest absolute Gasteiger partial charge is 0.251 e. The first-order valence-corrected chi connectivity index (χ1v) is 10.2. The maximum Gasteiger partial charge on any atom is 0.251 e. The standard InChI is InChI=1S/C21H24N2O2S/c24-20(22-18-6-2-1-3-7-18)15-26-14-16-10-12-17(13-11-16)21(25)23-19-8-4-5-9-19/h1-3,6-7,10-13,19H,4-5,8-9,14-15H2,(H,22,24)(H,23,25). The molecule has 136 valence electrons. The van der Waals surface area contributed by atoms with Crippen molar-refractivity contribution in [3.05, 3.63) is 65.7 Å². The summed E-state index contributed by atoms with van der Waals surface area (Å²) in [6.45, 7) is 0. The van der Waals surface area contributed by atoms with Crippen molar-refractivity contribution in [3.8, 4) is 0 Å². The quantitative estimate of drug-likeness (QED) is 0.769. The van der Waals surface area contributed by atoms with E-state index in [4.69, 9.17) is 0 Å². The van der Waals surface area contributed by atoms with E-state index in [1.54, 1.807) is 11.8 Å². The molecule has 2 aromatic rings. The molecule has 2 amide bonds. The lowest BCUT2D eigenvalue weighted by atomic mass is 10.1. The number of benzene rings is 2. The molecule has 0 aliphatic heterocycles. The van der Waals surface area contributed by atoms with Crippen LogP contribution >= 0.6 is 11.8 Å². The molecule has 2 aromatic carbocycles. The van der Waals surface area contributed by atoms with Crippen LogP contribution in [0.1, 0.15) is 41.6 Å². The van der Waals surface area contributed by atoms with Crippen LogP contribution in [0.25, 0.3) is 0 Å². The maximum atomic E-state index is 12.2. The molecule has 5 heteroatoms. The number of rotatable bonds is 7. The lowest BCUT2D eigenvalue weighted by molar-refractivity contribution is -0.113. The van der Waals surface area contributed by atoms with E-state index in [-0.39, 0.29) is 11.8 Å². The molecule has 4 nitrogen and oxygen atoms in total. The highest BCUT2D eigenvalue weighted by atomic mass is 32.2. The number of hydrogen-bond acceptors (Lipinski definition) is 3. The van der Waals surface area contributed by atoms with E-state index in [2.05, 4.69) is 10.6 Å². The number of amides is 2. The van der Waals surface area contributed by atoms with Gasteiger partial charge in [-0.15, -0.1) is 11.8 Å². The van der Waals surface area contributed by atoms with E-state index in [0.717, 1.165) is 29.8 Å². The van der Waals surface area contributed by atoms with Crippen LogP contribution in [0, 0.1) is 0 Å². The fourth-order valence-electron chi connectivity index (χ4n) is 3.07. The van der Waals surface area contributed by atoms with E-state index >= 15 is 0 Å². The Balaban J connectivity index is 1.41. The van der Waals surface area contributed by atoms with Gasteiger partial charge in [-0.1, -0.05) is 43.2 Å². The third-order valence-electron chi connectivity index (χ3n) is 4.47. The summed E-state index contributed by atoms with van der Waals surface area (Å²) in [5.41, 5.74) is 2.63. The summed E-state index contributed by atoms with van der Waals surface area (Å²) in [7, 11) is 0. The van der Waals surface area contributed by atoms with Gasteiger partial charge in [-0.3, -0.25) is 9.59 Å². The predicted molar refractivity (Wildman–Crippen MR) is 107 cm³/mol. The molecule has 26 heavy (non-hydrogen) atoms. The van der Waals surface area contributed by atoms with Gasteiger partial charge in [0.15, 0.2) is 0 Å². The average Bonchev–Trinajstić information content (AvgIpc) is 3.16. The normalized spacial score (nSPS) is 14.2. The summed E-state index contributed by atoms with van der Waals surface area (Å²) in [6.07, 6.45) is 4.59. The minimum Gasteiger partial charge on any atom is -0.349 e. The molecule has 1 aliphatic carbocycles. The molecule has 0 aromatic heterocycles. The second-order valence-corrected chi connectivity index (χ2v) is 7.54. The van der Waals surface area contributed by atoms with Crippen molar-refractivity contribution in [2.45, 2.75) is 37.5 Å². The van der Waals surface area contributed by atoms with Gasteiger partial charge in [0.2, 0.25) is 5.91 Å². The molecule has 1 saturated carbocycles. The van der Waals surface area contributed by atoms with E-state index in [1.165, 1.54) is 12.8 Å². The highest BCUT2D eigenvalue weighted by Crippen LogP contribution is 2.19. The Morgan fingerprint density at radius 2 is 1.65 bits per heavy atom. The van der Waals surface area contributed by atoms with Gasteiger partial charge >= 0.3 is 0 Å². The zero-order valence-electron chi connectivity index (χ0n) is 14.7. The van der Waals surface area contributed by atoms with Crippen molar-refractivity contribution in [2.24, 2.45) is 0 Å². The SMILES string of the molecule is O=C(CSCc1ccc(C(=O)NC2CCCC2)cc1)Nc1ccccc1. The van der Waals surface area contributed by atoms with Crippen molar-refractivity contribution in [1.82, 2.24) is 5.32 Å². The first-order valence-electron chi connectivity index (χ1n) is 9.03. The van der Waals surface area contributed by atoms with Crippen molar-refractivity contribution in [3.63, 3.8) is 0 Å². The second-order valence-electron chi connectivity index (χ2n) is 6.56. The van der Waals surface area contributed by atoms with Gasteiger partial charge in [0.1, 0.15) is 0 Å². The Hall–Kier alpha value is -2.27. The van der Waals surface area contributed by atoms with Crippen molar-refractivity contribution in [2.75, 3.05) is 11.1 Å². The molecular formula is C21H24N2O2S. The second kappa shape index (κ2) is 9.43. The Morgan fingerprint density at radius 1 is 0.962 bits per heavy atom. The van der Waals surface area contributed by atoms with Gasteiger partial charge in [0.25, 0.3) is 5.91 Å². The molecule has 3 rings (SSSR count). The Morgan fingerprint density at radius 3 is 2.35 bits per heavy atom. The lowest BCUT2D eigenvalue weighted by Gasteiger charge is -2.12. The Bertz CT molecular complexity index is 725.